The van der Waals surface area contributed by atoms with Crippen LogP contribution < -0.4 is 5.09 Å². The van der Waals surface area contributed by atoms with Gasteiger partial charge in [-0.15, -0.1) is 0 Å². The van der Waals surface area contributed by atoms with Gasteiger partial charge < -0.3 is 5.09 Å². The maximum Gasteiger partial charge on any atom is 0.178 e. The Bertz CT molecular complexity index is 774. The van der Waals surface area contributed by atoms with E-state index < -0.39 is 7.29 Å². The van der Waals surface area contributed by atoms with Crippen LogP contribution in [0.2, 0.25) is 0 Å². The van der Waals surface area contributed by atoms with Crippen LogP contribution in [-0.4, -0.2) is 0 Å². The average molecular weight is 363 g/mol. The zero-order valence-corrected chi connectivity index (χ0v) is 16.6. The van der Waals surface area contributed by atoms with Gasteiger partial charge in [0.15, 0.2) is 7.29 Å². The summed E-state index contributed by atoms with van der Waals surface area (Å²) in [6.07, 6.45) is 1.07. The number of rotatable bonds is 6. The summed E-state index contributed by atoms with van der Waals surface area (Å²) >= 11 is 0. The van der Waals surface area contributed by atoms with Crippen LogP contribution in [0.4, 0.5) is 5.69 Å². The maximum atomic E-state index is 13.9. The van der Waals surface area contributed by atoms with Crippen LogP contribution in [0, 0.1) is 20.8 Å². The summed E-state index contributed by atoms with van der Waals surface area (Å²) in [5.41, 5.74) is 6.75. The van der Waals surface area contributed by atoms with Gasteiger partial charge in [0.25, 0.3) is 0 Å². The van der Waals surface area contributed by atoms with E-state index in [2.05, 4.69) is 74.4 Å². The molecule has 2 nitrogen and oxygen atoms in total. The summed E-state index contributed by atoms with van der Waals surface area (Å²) < 4.78 is 13.9. The highest BCUT2D eigenvalue weighted by Gasteiger charge is 2.23. The van der Waals surface area contributed by atoms with E-state index in [0.717, 1.165) is 16.8 Å². The topological polar surface area (TPSA) is 29.1 Å². The number of hydrogen-bond donors (Lipinski definition) is 1. The summed E-state index contributed by atoms with van der Waals surface area (Å²) in [4.78, 5) is 0. The fourth-order valence-corrected chi connectivity index (χ4v) is 5.47. The molecule has 0 aliphatic heterocycles. The number of aryl methyl sites for hydroxylation is 3. The lowest BCUT2D eigenvalue weighted by atomic mass is 10.2. The highest BCUT2D eigenvalue weighted by molar-refractivity contribution is 7.63. The molecule has 3 aromatic carbocycles. The standard InChI is InChI=1S/C23H26NOP/c1-18-4-10-21(11-5-18)16-26(25,17-22-12-6-19(2)7-13-22)24-23-14-8-20(3)9-15-23/h4-15H,16-17H2,1-3H3,(H,24,25). The van der Waals surface area contributed by atoms with E-state index in [0.29, 0.717) is 12.3 Å². The lowest BCUT2D eigenvalue weighted by Crippen LogP contribution is -2.04. The van der Waals surface area contributed by atoms with Crippen molar-refractivity contribution < 1.29 is 4.57 Å². The average Bonchev–Trinajstić information content (AvgIpc) is 2.61. The molecule has 0 spiro atoms. The minimum atomic E-state index is -2.68. The van der Waals surface area contributed by atoms with Gasteiger partial charge in [0, 0.05) is 18.0 Å². The fourth-order valence-electron chi connectivity index (χ4n) is 2.98. The maximum absolute atomic E-state index is 13.9. The Morgan fingerprint density at radius 2 is 0.962 bits per heavy atom. The molecule has 0 aromatic heterocycles. The van der Waals surface area contributed by atoms with Crippen molar-refractivity contribution in [2.75, 3.05) is 5.09 Å². The molecule has 3 rings (SSSR count). The normalized spacial score (nSPS) is 11.3. The second kappa shape index (κ2) is 7.93. The number of anilines is 1. The van der Waals surface area contributed by atoms with Gasteiger partial charge in [0.2, 0.25) is 0 Å². The lowest BCUT2D eigenvalue weighted by molar-refractivity contribution is 0.577. The fraction of sp³-hybridized carbons (Fsp3) is 0.217. The third-order valence-electron chi connectivity index (χ3n) is 4.50. The van der Waals surface area contributed by atoms with Gasteiger partial charge in [-0.1, -0.05) is 77.4 Å². The molecule has 0 radical (unpaired) electrons. The Morgan fingerprint density at radius 3 is 1.35 bits per heavy atom. The van der Waals surface area contributed by atoms with Crippen molar-refractivity contribution in [3.05, 3.63) is 101 Å². The molecule has 0 fully saturated rings. The Balaban J connectivity index is 1.88. The minimum absolute atomic E-state index is 0.537. The largest absolute Gasteiger partial charge is 0.336 e. The van der Waals surface area contributed by atoms with Crippen LogP contribution >= 0.6 is 7.29 Å². The SMILES string of the molecule is Cc1ccc(CP(=O)(Cc2ccc(C)cc2)Nc2ccc(C)cc2)cc1. The third-order valence-corrected chi connectivity index (χ3v) is 6.92. The van der Waals surface area contributed by atoms with Crippen LogP contribution in [0.1, 0.15) is 27.8 Å². The molecule has 3 aromatic rings. The van der Waals surface area contributed by atoms with Crippen molar-refractivity contribution in [3.63, 3.8) is 0 Å². The van der Waals surface area contributed by atoms with Crippen molar-refractivity contribution in [1.29, 1.82) is 0 Å². The first kappa shape index (κ1) is 18.5. The van der Waals surface area contributed by atoms with Crippen molar-refractivity contribution in [2.24, 2.45) is 0 Å². The van der Waals surface area contributed by atoms with Gasteiger partial charge in [-0.05, 0) is 44.0 Å². The summed E-state index contributed by atoms with van der Waals surface area (Å²) in [6.45, 7) is 6.20. The van der Waals surface area contributed by atoms with E-state index in [9.17, 15) is 4.57 Å². The van der Waals surface area contributed by atoms with E-state index >= 15 is 0 Å². The van der Waals surface area contributed by atoms with Gasteiger partial charge in [0.05, 0.1) is 0 Å². The minimum Gasteiger partial charge on any atom is -0.336 e. The third kappa shape index (κ3) is 5.09. The quantitative estimate of drug-likeness (QED) is 0.494. The van der Waals surface area contributed by atoms with Crippen molar-refractivity contribution in [3.8, 4) is 0 Å². The summed E-state index contributed by atoms with van der Waals surface area (Å²) in [7, 11) is -2.68. The van der Waals surface area contributed by atoms with Gasteiger partial charge in [-0.2, -0.15) is 0 Å². The van der Waals surface area contributed by atoms with Crippen LogP contribution in [0.15, 0.2) is 72.8 Å². The second-order valence-corrected chi connectivity index (χ2v) is 9.79. The Hall–Kier alpha value is -2.31. The van der Waals surface area contributed by atoms with Gasteiger partial charge in [-0.25, -0.2) is 0 Å². The zero-order valence-electron chi connectivity index (χ0n) is 15.7. The first-order valence-corrected chi connectivity index (χ1v) is 11.0. The van der Waals surface area contributed by atoms with E-state index in [1.54, 1.807) is 0 Å². The Morgan fingerprint density at radius 1 is 0.615 bits per heavy atom. The molecular weight excluding hydrogens is 337 g/mol. The smallest absolute Gasteiger partial charge is 0.178 e. The molecule has 0 unspecified atom stereocenters. The molecule has 134 valence electrons. The molecule has 26 heavy (non-hydrogen) atoms. The Kier molecular flexibility index (Phi) is 5.64. The molecule has 1 N–H and O–H groups in total. The summed E-state index contributed by atoms with van der Waals surface area (Å²) in [5, 5.41) is 3.36. The molecule has 3 heteroatoms. The molecule has 0 aliphatic rings. The van der Waals surface area contributed by atoms with Gasteiger partial charge in [-0.3, -0.25) is 4.57 Å². The van der Waals surface area contributed by atoms with Crippen molar-refractivity contribution in [1.82, 2.24) is 0 Å². The highest BCUT2D eigenvalue weighted by atomic mass is 31.2. The van der Waals surface area contributed by atoms with Crippen LogP contribution in [0.3, 0.4) is 0 Å². The molecule has 0 saturated carbocycles. The zero-order chi connectivity index (χ0) is 18.6. The Labute approximate surface area is 156 Å². The second-order valence-electron chi connectivity index (χ2n) is 7.15. The van der Waals surface area contributed by atoms with Gasteiger partial charge in [0.1, 0.15) is 0 Å². The van der Waals surface area contributed by atoms with Crippen molar-refractivity contribution >= 4 is 13.0 Å². The molecule has 0 amide bonds. The number of nitrogens with one attached hydrogen (secondary N) is 1. The van der Waals surface area contributed by atoms with E-state index in [1.807, 2.05) is 24.3 Å². The summed E-state index contributed by atoms with van der Waals surface area (Å²) in [6, 6.07) is 24.7. The molecule has 0 saturated heterocycles. The molecular formula is C23H26NOP. The number of benzene rings is 3. The van der Waals surface area contributed by atoms with Crippen LogP contribution in [0.5, 0.6) is 0 Å². The van der Waals surface area contributed by atoms with Crippen LogP contribution in [0.25, 0.3) is 0 Å². The van der Waals surface area contributed by atoms with Crippen LogP contribution in [-0.2, 0) is 16.9 Å². The van der Waals surface area contributed by atoms with E-state index in [1.165, 1.54) is 16.7 Å². The van der Waals surface area contributed by atoms with Gasteiger partial charge >= 0.3 is 0 Å². The predicted octanol–water partition coefficient (Wildman–Crippen LogP) is 6.70. The first-order chi connectivity index (χ1) is 12.4. The highest BCUT2D eigenvalue weighted by Crippen LogP contribution is 2.51. The number of hydrogen-bond acceptors (Lipinski definition) is 1. The van der Waals surface area contributed by atoms with E-state index in [4.69, 9.17) is 0 Å². The first-order valence-electron chi connectivity index (χ1n) is 8.96. The van der Waals surface area contributed by atoms with Crippen molar-refractivity contribution in [2.45, 2.75) is 33.1 Å². The predicted molar refractivity (Wildman–Crippen MR) is 112 cm³/mol. The summed E-state index contributed by atoms with van der Waals surface area (Å²) in [5.74, 6) is 0. The van der Waals surface area contributed by atoms with E-state index in [-0.39, 0.29) is 0 Å². The molecule has 0 bridgehead atoms. The monoisotopic (exact) mass is 363 g/mol. The molecule has 0 aliphatic carbocycles. The molecule has 0 heterocycles. The molecule has 0 atom stereocenters. The lowest BCUT2D eigenvalue weighted by Gasteiger charge is -2.22.